The highest BCUT2D eigenvalue weighted by atomic mass is 32.1. The number of ether oxygens (including phenoxy) is 1. The Labute approximate surface area is 91.3 Å². The van der Waals surface area contributed by atoms with E-state index in [0.29, 0.717) is 6.61 Å². The average molecular weight is 227 g/mol. The van der Waals surface area contributed by atoms with E-state index in [1.54, 1.807) is 23.0 Å². The van der Waals surface area contributed by atoms with Gasteiger partial charge in [-0.05, 0) is 6.92 Å². The van der Waals surface area contributed by atoms with Gasteiger partial charge in [-0.25, -0.2) is 0 Å². The number of hydrogen-bond donors (Lipinski definition) is 1. The van der Waals surface area contributed by atoms with Gasteiger partial charge < -0.3 is 10.1 Å². The Hall–Kier alpha value is -1.05. The van der Waals surface area contributed by atoms with Gasteiger partial charge in [0.05, 0.1) is 6.61 Å². The van der Waals surface area contributed by atoms with Crippen LogP contribution in [0.5, 0.6) is 0 Å². The van der Waals surface area contributed by atoms with E-state index in [2.05, 4.69) is 20.6 Å². The molecule has 2 heterocycles. The molecule has 2 rings (SSSR count). The van der Waals surface area contributed by atoms with Gasteiger partial charge in [0.2, 0.25) is 4.96 Å². The van der Waals surface area contributed by atoms with Crippen molar-refractivity contribution in [2.24, 2.45) is 0 Å². The van der Waals surface area contributed by atoms with Crippen molar-refractivity contribution in [2.45, 2.75) is 13.5 Å². The smallest absolute Gasteiger partial charge is 0.234 e. The summed E-state index contributed by atoms with van der Waals surface area (Å²) in [6.45, 7) is 4.18. The first kappa shape index (κ1) is 10.5. The molecule has 0 fully saturated rings. The Morgan fingerprint density at radius 2 is 2.33 bits per heavy atom. The molecule has 0 saturated heterocycles. The number of rotatable bonds is 5. The molecule has 0 bridgehead atoms. The highest BCUT2D eigenvalue weighted by Crippen LogP contribution is 2.12. The molecule has 0 saturated carbocycles. The quantitative estimate of drug-likeness (QED) is 0.741. The zero-order chi connectivity index (χ0) is 10.7. The minimum Gasteiger partial charge on any atom is -0.383 e. The fourth-order valence-electron chi connectivity index (χ4n) is 1.20. The predicted molar refractivity (Wildman–Crippen MR) is 57.0 cm³/mol. The molecule has 0 unspecified atom stereocenters. The lowest BCUT2D eigenvalue weighted by molar-refractivity contribution is 0.199. The molecule has 1 N–H and O–H groups in total. The van der Waals surface area contributed by atoms with Crippen LogP contribution in [0.2, 0.25) is 0 Å². The van der Waals surface area contributed by atoms with Gasteiger partial charge >= 0.3 is 0 Å². The minimum atomic E-state index is 0.711. The lowest BCUT2D eigenvalue weighted by atomic mass is 10.6. The SMILES string of the molecule is COCCNCc1nn2c(C)nnc2s1. The van der Waals surface area contributed by atoms with Crippen LogP contribution in [-0.2, 0) is 11.3 Å². The number of nitrogens with one attached hydrogen (secondary N) is 1. The second-order valence-electron chi connectivity index (χ2n) is 3.11. The molecule has 2 aromatic heterocycles. The first-order valence-corrected chi connectivity index (χ1v) is 5.50. The van der Waals surface area contributed by atoms with E-state index in [0.717, 1.165) is 28.9 Å². The molecular weight excluding hydrogens is 214 g/mol. The Morgan fingerprint density at radius 3 is 3.07 bits per heavy atom. The van der Waals surface area contributed by atoms with Crippen LogP contribution in [-0.4, -0.2) is 40.1 Å². The second-order valence-corrected chi connectivity index (χ2v) is 4.15. The van der Waals surface area contributed by atoms with Crippen molar-refractivity contribution in [1.29, 1.82) is 0 Å². The van der Waals surface area contributed by atoms with Gasteiger partial charge in [0.25, 0.3) is 0 Å². The van der Waals surface area contributed by atoms with Crippen LogP contribution in [0.25, 0.3) is 4.96 Å². The van der Waals surface area contributed by atoms with E-state index in [1.807, 2.05) is 6.92 Å². The molecule has 0 radical (unpaired) electrons. The van der Waals surface area contributed by atoms with Crippen LogP contribution >= 0.6 is 11.3 Å². The Morgan fingerprint density at radius 1 is 1.47 bits per heavy atom. The highest BCUT2D eigenvalue weighted by molar-refractivity contribution is 7.16. The monoisotopic (exact) mass is 227 g/mol. The van der Waals surface area contributed by atoms with Crippen LogP contribution in [0.4, 0.5) is 0 Å². The lowest BCUT2D eigenvalue weighted by Crippen LogP contribution is -2.18. The molecule has 2 aromatic rings. The van der Waals surface area contributed by atoms with Gasteiger partial charge in [-0.2, -0.15) is 9.61 Å². The van der Waals surface area contributed by atoms with E-state index in [1.165, 1.54) is 0 Å². The third-order valence-corrected chi connectivity index (χ3v) is 2.85. The number of aromatic nitrogens is 4. The summed E-state index contributed by atoms with van der Waals surface area (Å²) in [4.78, 5) is 0.844. The van der Waals surface area contributed by atoms with E-state index < -0.39 is 0 Å². The predicted octanol–water partition coefficient (Wildman–Crippen LogP) is 0.230. The molecule has 0 atom stereocenters. The number of hydrogen-bond acceptors (Lipinski definition) is 6. The van der Waals surface area contributed by atoms with Crippen molar-refractivity contribution in [3.63, 3.8) is 0 Å². The second kappa shape index (κ2) is 4.65. The number of aryl methyl sites for hydroxylation is 1. The first-order chi connectivity index (χ1) is 7.31. The largest absolute Gasteiger partial charge is 0.383 e. The molecule has 0 aliphatic heterocycles. The molecule has 7 heteroatoms. The van der Waals surface area contributed by atoms with Crippen LogP contribution in [0.15, 0.2) is 0 Å². The summed E-state index contributed by atoms with van der Waals surface area (Å²) >= 11 is 1.55. The molecule has 6 nitrogen and oxygen atoms in total. The summed E-state index contributed by atoms with van der Waals surface area (Å²) in [5.74, 6) is 0.824. The topological polar surface area (TPSA) is 64.3 Å². The van der Waals surface area contributed by atoms with Crippen LogP contribution in [0.3, 0.4) is 0 Å². The molecule has 0 aromatic carbocycles. The van der Waals surface area contributed by atoms with Gasteiger partial charge in [0.1, 0.15) is 5.01 Å². The molecule has 0 spiro atoms. The zero-order valence-electron chi connectivity index (χ0n) is 8.73. The van der Waals surface area contributed by atoms with Crippen molar-refractivity contribution in [2.75, 3.05) is 20.3 Å². The molecule has 0 amide bonds. The summed E-state index contributed by atoms with van der Waals surface area (Å²) in [5.41, 5.74) is 0. The summed E-state index contributed by atoms with van der Waals surface area (Å²) in [5, 5.41) is 16.6. The van der Waals surface area contributed by atoms with Crippen molar-refractivity contribution in [1.82, 2.24) is 25.1 Å². The van der Waals surface area contributed by atoms with Crippen LogP contribution in [0, 0.1) is 6.92 Å². The van der Waals surface area contributed by atoms with Gasteiger partial charge in [0, 0.05) is 20.2 Å². The van der Waals surface area contributed by atoms with E-state index in [9.17, 15) is 0 Å². The van der Waals surface area contributed by atoms with E-state index in [4.69, 9.17) is 4.74 Å². The van der Waals surface area contributed by atoms with Crippen molar-refractivity contribution >= 4 is 16.3 Å². The van der Waals surface area contributed by atoms with Crippen molar-refractivity contribution < 1.29 is 4.74 Å². The van der Waals surface area contributed by atoms with Crippen molar-refractivity contribution in [3.05, 3.63) is 10.8 Å². The van der Waals surface area contributed by atoms with E-state index >= 15 is 0 Å². The third-order valence-electron chi connectivity index (χ3n) is 1.95. The normalized spacial score (nSPS) is 11.3. The van der Waals surface area contributed by atoms with Gasteiger partial charge in [0.15, 0.2) is 5.82 Å². The average Bonchev–Trinajstić information content (AvgIpc) is 2.76. The minimum absolute atomic E-state index is 0.711. The number of fused-ring (bicyclic) bond motifs is 1. The number of nitrogens with zero attached hydrogens (tertiary/aromatic N) is 4. The summed E-state index contributed by atoms with van der Waals surface area (Å²) in [6.07, 6.45) is 0. The standard InChI is InChI=1S/C8H13N5OS/c1-6-10-11-8-13(6)12-7(15-8)5-9-3-4-14-2/h9H,3-5H2,1-2H3. The highest BCUT2D eigenvalue weighted by Gasteiger charge is 2.07. The maximum absolute atomic E-state index is 4.94. The Balaban J connectivity index is 1.97. The molecule has 82 valence electrons. The zero-order valence-corrected chi connectivity index (χ0v) is 9.54. The molecule has 0 aliphatic rings. The maximum atomic E-state index is 4.94. The van der Waals surface area contributed by atoms with Crippen molar-refractivity contribution in [3.8, 4) is 0 Å². The Kier molecular flexibility index (Phi) is 3.24. The fourth-order valence-corrected chi connectivity index (χ4v) is 2.04. The maximum Gasteiger partial charge on any atom is 0.234 e. The van der Waals surface area contributed by atoms with Gasteiger partial charge in [-0.3, -0.25) is 0 Å². The fraction of sp³-hybridized carbons (Fsp3) is 0.625. The summed E-state index contributed by atoms with van der Waals surface area (Å²) in [6, 6.07) is 0. The summed E-state index contributed by atoms with van der Waals surface area (Å²) in [7, 11) is 1.69. The molecule has 0 aliphatic carbocycles. The van der Waals surface area contributed by atoms with Crippen LogP contribution < -0.4 is 5.32 Å². The lowest BCUT2D eigenvalue weighted by Gasteiger charge is -1.99. The van der Waals surface area contributed by atoms with Crippen LogP contribution in [0.1, 0.15) is 10.8 Å². The first-order valence-electron chi connectivity index (χ1n) is 4.68. The number of methoxy groups -OCH3 is 1. The van der Waals surface area contributed by atoms with Gasteiger partial charge in [-0.1, -0.05) is 11.3 Å². The van der Waals surface area contributed by atoms with Gasteiger partial charge in [-0.15, -0.1) is 10.2 Å². The summed E-state index contributed by atoms with van der Waals surface area (Å²) < 4.78 is 6.70. The molecular formula is C8H13N5OS. The molecule has 15 heavy (non-hydrogen) atoms. The third kappa shape index (κ3) is 2.31. The van der Waals surface area contributed by atoms with E-state index in [-0.39, 0.29) is 0 Å². The Bertz CT molecular complexity index is 437.